The number of nitrogens with one attached hydrogen (secondary N) is 1. The fourth-order valence-electron chi connectivity index (χ4n) is 2.76. The van der Waals surface area contributed by atoms with E-state index in [1.807, 2.05) is 19.2 Å². The van der Waals surface area contributed by atoms with Gasteiger partial charge in [0.05, 0.1) is 22.2 Å². The smallest absolute Gasteiger partial charge is 0.234 e. The van der Waals surface area contributed by atoms with Crippen LogP contribution in [0, 0.1) is 0 Å². The quantitative estimate of drug-likeness (QED) is 0.373. The normalized spacial score (nSPS) is 10.8. The standard InChI is InChI=1S/C20H17Cl2N7O2S/c1-28-18(9-31-17-5-3-2-4-14(17)22)26-27-20(28)32-10-19(30)25-15-8-13(21)6-7-16(15)29-12-23-11-24-29/h2-8,11-12H,9-10H2,1H3,(H,25,30). The molecule has 32 heavy (non-hydrogen) atoms. The lowest BCUT2D eigenvalue weighted by Crippen LogP contribution is -2.16. The van der Waals surface area contributed by atoms with E-state index in [2.05, 4.69) is 25.6 Å². The lowest BCUT2D eigenvalue weighted by atomic mass is 10.2. The minimum absolute atomic E-state index is 0.126. The Balaban J connectivity index is 1.37. The summed E-state index contributed by atoms with van der Waals surface area (Å²) < 4.78 is 9.03. The lowest BCUT2D eigenvalue weighted by Gasteiger charge is -2.11. The van der Waals surface area contributed by atoms with Gasteiger partial charge in [0.2, 0.25) is 5.91 Å². The van der Waals surface area contributed by atoms with Gasteiger partial charge in [-0.1, -0.05) is 47.1 Å². The third-order valence-electron chi connectivity index (χ3n) is 4.35. The molecule has 9 nitrogen and oxygen atoms in total. The van der Waals surface area contributed by atoms with Crippen LogP contribution >= 0.6 is 35.0 Å². The summed E-state index contributed by atoms with van der Waals surface area (Å²) in [5.74, 6) is 1.07. The highest BCUT2D eigenvalue weighted by molar-refractivity contribution is 7.99. The Bertz CT molecular complexity index is 1230. The van der Waals surface area contributed by atoms with Gasteiger partial charge in [0.15, 0.2) is 11.0 Å². The molecule has 0 aliphatic rings. The zero-order chi connectivity index (χ0) is 22.5. The first-order valence-electron chi connectivity index (χ1n) is 9.34. The third kappa shape index (κ3) is 5.21. The number of thioether (sulfide) groups is 1. The van der Waals surface area contributed by atoms with Gasteiger partial charge in [0, 0.05) is 12.1 Å². The van der Waals surface area contributed by atoms with Gasteiger partial charge in [-0.05, 0) is 30.3 Å². The van der Waals surface area contributed by atoms with Crippen LogP contribution in [0.1, 0.15) is 5.82 Å². The molecule has 0 aliphatic carbocycles. The van der Waals surface area contributed by atoms with Crippen LogP contribution in [0.3, 0.4) is 0 Å². The zero-order valence-electron chi connectivity index (χ0n) is 16.8. The van der Waals surface area contributed by atoms with Gasteiger partial charge in [-0.25, -0.2) is 9.67 Å². The van der Waals surface area contributed by atoms with Crippen molar-refractivity contribution in [1.29, 1.82) is 0 Å². The van der Waals surface area contributed by atoms with Crippen LogP contribution in [0.15, 0.2) is 60.3 Å². The van der Waals surface area contributed by atoms with Crippen LogP contribution in [0.25, 0.3) is 5.69 Å². The number of ether oxygens (including phenoxy) is 1. The number of carbonyl (C=O) groups excluding carboxylic acids is 1. The number of benzene rings is 2. The number of hydrogen-bond donors (Lipinski definition) is 1. The molecule has 2 heterocycles. The summed E-state index contributed by atoms with van der Waals surface area (Å²) in [7, 11) is 1.81. The largest absolute Gasteiger partial charge is 0.484 e. The van der Waals surface area contributed by atoms with Gasteiger partial charge in [-0.3, -0.25) is 4.79 Å². The van der Waals surface area contributed by atoms with Gasteiger partial charge < -0.3 is 14.6 Å². The fourth-order valence-corrected chi connectivity index (χ4v) is 3.85. The Morgan fingerprint density at radius 2 is 2.03 bits per heavy atom. The number of anilines is 1. The number of para-hydroxylation sites is 1. The second kappa shape index (κ2) is 10.0. The van der Waals surface area contributed by atoms with Gasteiger partial charge in [-0.2, -0.15) is 5.10 Å². The van der Waals surface area contributed by atoms with E-state index >= 15 is 0 Å². The summed E-state index contributed by atoms with van der Waals surface area (Å²) in [6.07, 6.45) is 2.95. The molecule has 0 aliphatic heterocycles. The molecule has 0 saturated carbocycles. The maximum atomic E-state index is 12.6. The van der Waals surface area contributed by atoms with E-state index < -0.39 is 0 Å². The van der Waals surface area contributed by atoms with Crippen molar-refractivity contribution in [3.63, 3.8) is 0 Å². The van der Waals surface area contributed by atoms with Crippen LogP contribution < -0.4 is 10.1 Å². The zero-order valence-corrected chi connectivity index (χ0v) is 19.1. The highest BCUT2D eigenvalue weighted by atomic mass is 35.5. The molecule has 12 heteroatoms. The molecule has 0 unspecified atom stereocenters. The van der Waals surface area contributed by atoms with Crippen molar-refractivity contribution in [3.05, 3.63) is 71.0 Å². The van der Waals surface area contributed by atoms with Crippen molar-refractivity contribution < 1.29 is 9.53 Å². The Kier molecular flexibility index (Phi) is 6.93. The first-order chi connectivity index (χ1) is 15.5. The molecule has 0 bridgehead atoms. The molecule has 2 aromatic heterocycles. The van der Waals surface area contributed by atoms with Crippen LogP contribution in [0.2, 0.25) is 10.0 Å². The fraction of sp³-hybridized carbons (Fsp3) is 0.150. The Morgan fingerprint density at radius 1 is 1.19 bits per heavy atom. The Labute approximate surface area is 197 Å². The maximum absolute atomic E-state index is 12.6. The van der Waals surface area contributed by atoms with E-state index in [0.29, 0.717) is 38.2 Å². The molecule has 164 valence electrons. The molecular weight excluding hydrogens is 473 g/mol. The first kappa shape index (κ1) is 22.1. The van der Waals surface area contributed by atoms with Gasteiger partial charge >= 0.3 is 0 Å². The SMILES string of the molecule is Cn1c(COc2ccccc2Cl)nnc1SCC(=O)Nc1cc(Cl)ccc1-n1cncn1. The average Bonchev–Trinajstić information content (AvgIpc) is 3.42. The monoisotopic (exact) mass is 489 g/mol. The Hall–Kier alpha value is -3.08. The summed E-state index contributed by atoms with van der Waals surface area (Å²) in [6.45, 7) is 0.198. The highest BCUT2D eigenvalue weighted by Gasteiger charge is 2.14. The molecular formula is C20H17Cl2N7O2S. The predicted molar refractivity (Wildman–Crippen MR) is 123 cm³/mol. The second-order valence-corrected chi connectivity index (χ2v) is 8.30. The summed E-state index contributed by atoms with van der Waals surface area (Å²) in [5, 5.41) is 16.8. The van der Waals surface area contributed by atoms with E-state index in [4.69, 9.17) is 27.9 Å². The lowest BCUT2D eigenvalue weighted by molar-refractivity contribution is -0.113. The van der Waals surface area contributed by atoms with Crippen LogP contribution in [0.4, 0.5) is 5.69 Å². The molecule has 0 fully saturated rings. The molecule has 0 spiro atoms. The van der Waals surface area contributed by atoms with Gasteiger partial charge in [0.1, 0.15) is 25.0 Å². The van der Waals surface area contributed by atoms with Crippen LogP contribution in [-0.2, 0) is 18.4 Å². The number of nitrogens with zero attached hydrogens (tertiary/aromatic N) is 6. The first-order valence-corrected chi connectivity index (χ1v) is 11.1. The topological polar surface area (TPSA) is 99.8 Å². The molecule has 2 aromatic carbocycles. The van der Waals surface area contributed by atoms with E-state index in [9.17, 15) is 4.79 Å². The molecule has 0 radical (unpaired) electrons. The minimum Gasteiger partial charge on any atom is -0.484 e. The summed E-state index contributed by atoms with van der Waals surface area (Å²) in [5.41, 5.74) is 1.18. The average molecular weight is 490 g/mol. The molecule has 1 N–H and O–H groups in total. The van der Waals surface area contributed by atoms with Crippen LogP contribution in [-0.4, -0.2) is 41.2 Å². The summed E-state index contributed by atoms with van der Waals surface area (Å²) in [6, 6.07) is 12.3. The van der Waals surface area contributed by atoms with Crippen molar-refractivity contribution in [1.82, 2.24) is 29.5 Å². The molecule has 0 atom stereocenters. The minimum atomic E-state index is -0.226. The van der Waals surface area contributed by atoms with Crippen molar-refractivity contribution in [2.45, 2.75) is 11.8 Å². The van der Waals surface area contributed by atoms with E-state index in [0.717, 1.165) is 0 Å². The number of aromatic nitrogens is 6. The molecule has 0 saturated heterocycles. The van der Waals surface area contributed by atoms with E-state index in [1.165, 1.54) is 18.1 Å². The summed E-state index contributed by atoms with van der Waals surface area (Å²) >= 11 is 13.5. The molecule has 1 amide bonds. The van der Waals surface area contributed by atoms with E-state index in [1.54, 1.807) is 45.9 Å². The Morgan fingerprint density at radius 3 is 2.81 bits per heavy atom. The molecule has 4 rings (SSSR count). The van der Waals surface area contributed by atoms with Crippen molar-refractivity contribution in [2.75, 3.05) is 11.1 Å². The summed E-state index contributed by atoms with van der Waals surface area (Å²) in [4.78, 5) is 16.5. The number of carbonyl (C=O) groups is 1. The number of hydrogen-bond acceptors (Lipinski definition) is 7. The number of rotatable bonds is 8. The predicted octanol–water partition coefficient (Wildman–Crippen LogP) is 4.01. The van der Waals surface area contributed by atoms with Crippen molar-refractivity contribution in [2.24, 2.45) is 7.05 Å². The van der Waals surface area contributed by atoms with Crippen molar-refractivity contribution >= 4 is 46.6 Å². The van der Waals surface area contributed by atoms with E-state index in [-0.39, 0.29) is 18.3 Å². The van der Waals surface area contributed by atoms with Gasteiger partial charge in [0.25, 0.3) is 0 Å². The maximum Gasteiger partial charge on any atom is 0.234 e. The highest BCUT2D eigenvalue weighted by Crippen LogP contribution is 2.26. The second-order valence-electron chi connectivity index (χ2n) is 6.52. The third-order valence-corrected chi connectivity index (χ3v) is 5.92. The van der Waals surface area contributed by atoms with Crippen LogP contribution in [0.5, 0.6) is 5.75 Å². The number of halogens is 2. The van der Waals surface area contributed by atoms with Crippen molar-refractivity contribution in [3.8, 4) is 11.4 Å². The van der Waals surface area contributed by atoms with Gasteiger partial charge in [-0.15, -0.1) is 10.2 Å². The molecule has 4 aromatic rings. The number of amides is 1.